The van der Waals surface area contributed by atoms with Crippen LogP contribution in [0.4, 0.5) is 10.1 Å². The summed E-state index contributed by atoms with van der Waals surface area (Å²) in [4.78, 5) is 26.3. The number of carbonyl (C=O) groups is 2. The third-order valence-electron chi connectivity index (χ3n) is 4.51. The van der Waals surface area contributed by atoms with Crippen molar-refractivity contribution in [3.63, 3.8) is 0 Å². The molecule has 1 atom stereocenters. The maximum atomic E-state index is 12.9. The Balaban J connectivity index is 1.38. The van der Waals surface area contributed by atoms with Gasteiger partial charge in [-0.15, -0.1) is 0 Å². The number of halogens is 1. The van der Waals surface area contributed by atoms with Crippen molar-refractivity contribution < 1.29 is 23.5 Å². The summed E-state index contributed by atoms with van der Waals surface area (Å²) in [5.41, 5.74) is 1.43. The first kappa shape index (κ1) is 16.4. The molecule has 1 unspecified atom stereocenters. The Kier molecular flexibility index (Phi) is 4.20. The molecule has 0 aromatic heterocycles. The standard InChI is InChI=1S/C19H17FN2O4/c20-14-2-4-15(5-3-14)21-19(24)13-8-18(23)22(10-13)9-12-1-6-16-17(7-12)26-11-25-16/h1-7,13H,8-11H2,(H,21,24). The highest BCUT2D eigenvalue weighted by Crippen LogP contribution is 2.33. The Bertz CT molecular complexity index is 853. The quantitative estimate of drug-likeness (QED) is 0.914. The third-order valence-corrected chi connectivity index (χ3v) is 4.51. The van der Waals surface area contributed by atoms with Gasteiger partial charge in [0.2, 0.25) is 18.6 Å². The molecule has 2 aromatic carbocycles. The summed E-state index contributed by atoms with van der Waals surface area (Å²) in [6.45, 7) is 0.961. The molecule has 2 aliphatic heterocycles. The van der Waals surface area contributed by atoms with E-state index in [9.17, 15) is 14.0 Å². The lowest BCUT2D eigenvalue weighted by Gasteiger charge is -2.17. The molecule has 1 saturated heterocycles. The number of hydrogen-bond acceptors (Lipinski definition) is 4. The molecule has 4 rings (SSSR count). The summed E-state index contributed by atoms with van der Waals surface area (Å²) < 4.78 is 23.6. The topological polar surface area (TPSA) is 67.9 Å². The van der Waals surface area contributed by atoms with Crippen molar-refractivity contribution in [2.45, 2.75) is 13.0 Å². The van der Waals surface area contributed by atoms with Gasteiger partial charge in [0.15, 0.2) is 11.5 Å². The fourth-order valence-electron chi connectivity index (χ4n) is 3.14. The number of nitrogens with one attached hydrogen (secondary N) is 1. The average Bonchev–Trinajstić information content (AvgIpc) is 3.23. The lowest BCUT2D eigenvalue weighted by atomic mass is 10.1. The van der Waals surface area contributed by atoms with Crippen LogP contribution >= 0.6 is 0 Å². The van der Waals surface area contributed by atoms with Crippen LogP contribution < -0.4 is 14.8 Å². The van der Waals surface area contributed by atoms with Gasteiger partial charge in [-0.05, 0) is 42.0 Å². The second-order valence-electron chi connectivity index (χ2n) is 6.36. The number of likely N-dealkylation sites (tertiary alicyclic amines) is 1. The average molecular weight is 356 g/mol. The number of rotatable bonds is 4. The number of benzene rings is 2. The summed E-state index contributed by atoms with van der Waals surface area (Å²) >= 11 is 0. The van der Waals surface area contributed by atoms with Gasteiger partial charge in [0.05, 0.1) is 5.92 Å². The molecule has 1 fully saturated rings. The van der Waals surface area contributed by atoms with E-state index in [1.807, 2.05) is 18.2 Å². The van der Waals surface area contributed by atoms with E-state index < -0.39 is 5.92 Å². The summed E-state index contributed by atoms with van der Waals surface area (Å²) in [6.07, 6.45) is 0.164. The van der Waals surface area contributed by atoms with Gasteiger partial charge in [0.1, 0.15) is 5.82 Å². The van der Waals surface area contributed by atoms with Crippen LogP contribution in [0.3, 0.4) is 0 Å². The van der Waals surface area contributed by atoms with E-state index >= 15 is 0 Å². The van der Waals surface area contributed by atoms with Gasteiger partial charge in [-0.3, -0.25) is 9.59 Å². The lowest BCUT2D eigenvalue weighted by molar-refractivity contribution is -0.128. The van der Waals surface area contributed by atoms with E-state index in [1.54, 1.807) is 4.90 Å². The minimum atomic E-state index is -0.429. The molecule has 1 N–H and O–H groups in total. The highest BCUT2D eigenvalue weighted by molar-refractivity contribution is 5.97. The molecule has 2 aliphatic rings. The van der Waals surface area contributed by atoms with Gasteiger partial charge in [0.25, 0.3) is 0 Å². The van der Waals surface area contributed by atoms with Gasteiger partial charge in [0, 0.05) is 25.2 Å². The normalized spacial score (nSPS) is 18.3. The summed E-state index contributed by atoms with van der Waals surface area (Å²) in [5, 5.41) is 2.73. The molecule has 2 heterocycles. The molecule has 7 heteroatoms. The summed E-state index contributed by atoms with van der Waals surface area (Å²) in [7, 11) is 0. The van der Waals surface area contributed by atoms with Crippen molar-refractivity contribution in [3.05, 3.63) is 53.8 Å². The Hall–Kier alpha value is -3.09. The van der Waals surface area contributed by atoms with Crippen LogP contribution in [0.25, 0.3) is 0 Å². The lowest BCUT2D eigenvalue weighted by Crippen LogP contribution is -2.28. The van der Waals surface area contributed by atoms with Crippen LogP contribution in [0, 0.1) is 11.7 Å². The Morgan fingerprint density at radius 2 is 1.92 bits per heavy atom. The van der Waals surface area contributed by atoms with E-state index in [4.69, 9.17) is 9.47 Å². The number of nitrogens with zero attached hydrogens (tertiary/aromatic N) is 1. The fraction of sp³-hybridized carbons (Fsp3) is 0.263. The van der Waals surface area contributed by atoms with Crippen molar-refractivity contribution in [2.24, 2.45) is 5.92 Å². The number of amides is 2. The van der Waals surface area contributed by atoms with Crippen molar-refractivity contribution >= 4 is 17.5 Å². The van der Waals surface area contributed by atoms with E-state index in [0.717, 1.165) is 5.56 Å². The molecular formula is C19H17FN2O4. The predicted molar refractivity (Wildman–Crippen MR) is 91.1 cm³/mol. The van der Waals surface area contributed by atoms with Crippen LogP contribution in [0.5, 0.6) is 11.5 Å². The number of fused-ring (bicyclic) bond motifs is 1. The van der Waals surface area contributed by atoms with Crippen molar-refractivity contribution in [1.29, 1.82) is 0 Å². The van der Waals surface area contributed by atoms with E-state index in [0.29, 0.717) is 30.3 Å². The largest absolute Gasteiger partial charge is 0.454 e. The SMILES string of the molecule is O=C(Nc1ccc(F)cc1)C1CC(=O)N(Cc2ccc3c(c2)OCO3)C1. The molecule has 0 aliphatic carbocycles. The number of hydrogen-bond donors (Lipinski definition) is 1. The number of anilines is 1. The van der Waals surface area contributed by atoms with Crippen LogP contribution in [-0.2, 0) is 16.1 Å². The van der Waals surface area contributed by atoms with Crippen molar-refractivity contribution in [3.8, 4) is 11.5 Å². The zero-order valence-corrected chi connectivity index (χ0v) is 13.9. The molecule has 134 valence electrons. The zero-order chi connectivity index (χ0) is 18.1. The van der Waals surface area contributed by atoms with Crippen LogP contribution in [0.1, 0.15) is 12.0 Å². The zero-order valence-electron chi connectivity index (χ0n) is 13.9. The molecule has 0 bridgehead atoms. The van der Waals surface area contributed by atoms with Crippen LogP contribution in [-0.4, -0.2) is 30.1 Å². The maximum Gasteiger partial charge on any atom is 0.231 e. The fourth-order valence-corrected chi connectivity index (χ4v) is 3.14. The molecule has 6 nitrogen and oxygen atoms in total. The van der Waals surface area contributed by atoms with Gasteiger partial charge < -0.3 is 19.7 Å². The highest BCUT2D eigenvalue weighted by atomic mass is 19.1. The molecule has 0 saturated carbocycles. The second-order valence-corrected chi connectivity index (χ2v) is 6.36. The van der Waals surface area contributed by atoms with E-state index in [1.165, 1.54) is 24.3 Å². The van der Waals surface area contributed by atoms with Crippen LogP contribution in [0.15, 0.2) is 42.5 Å². The number of ether oxygens (including phenoxy) is 2. The van der Waals surface area contributed by atoms with Gasteiger partial charge in [-0.1, -0.05) is 6.07 Å². The van der Waals surface area contributed by atoms with E-state index in [2.05, 4.69) is 5.32 Å². The summed E-state index contributed by atoms with van der Waals surface area (Å²) in [6, 6.07) is 11.1. The van der Waals surface area contributed by atoms with Gasteiger partial charge in [-0.25, -0.2) is 4.39 Å². The van der Waals surface area contributed by atoms with Crippen LogP contribution in [0.2, 0.25) is 0 Å². The molecule has 0 radical (unpaired) electrons. The highest BCUT2D eigenvalue weighted by Gasteiger charge is 2.34. The first-order chi connectivity index (χ1) is 12.6. The summed E-state index contributed by atoms with van der Waals surface area (Å²) in [5.74, 6) is 0.258. The molecule has 2 aromatic rings. The minimum Gasteiger partial charge on any atom is -0.454 e. The Morgan fingerprint density at radius 1 is 1.15 bits per heavy atom. The second kappa shape index (κ2) is 6.67. The first-order valence-electron chi connectivity index (χ1n) is 8.31. The third kappa shape index (κ3) is 3.33. The Morgan fingerprint density at radius 3 is 2.73 bits per heavy atom. The molecule has 0 spiro atoms. The molecular weight excluding hydrogens is 339 g/mol. The smallest absolute Gasteiger partial charge is 0.231 e. The van der Waals surface area contributed by atoms with E-state index in [-0.39, 0.29) is 30.8 Å². The minimum absolute atomic E-state index is 0.0677. The maximum absolute atomic E-state index is 12.9. The van der Waals surface area contributed by atoms with Crippen molar-refractivity contribution in [1.82, 2.24) is 4.90 Å². The van der Waals surface area contributed by atoms with Crippen molar-refractivity contribution in [2.75, 3.05) is 18.7 Å². The first-order valence-corrected chi connectivity index (χ1v) is 8.31. The Labute approximate surface area is 149 Å². The van der Waals surface area contributed by atoms with Gasteiger partial charge >= 0.3 is 0 Å². The molecule has 2 amide bonds. The molecule has 26 heavy (non-hydrogen) atoms. The monoisotopic (exact) mass is 356 g/mol. The predicted octanol–water partition coefficient (Wildman–Crippen LogP) is 2.54. The van der Waals surface area contributed by atoms with Gasteiger partial charge in [-0.2, -0.15) is 0 Å². The number of carbonyl (C=O) groups excluding carboxylic acids is 2.